The molecule has 0 N–H and O–H groups in total. The van der Waals surface area contributed by atoms with Crippen LogP contribution in [-0.4, -0.2) is 15.0 Å². The van der Waals surface area contributed by atoms with Crippen LogP contribution in [0.15, 0.2) is 127 Å². The lowest BCUT2D eigenvalue weighted by Gasteiger charge is -2.25. The first-order valence-corrected chi connectivity index (χ1v) is 14.6. The zero-order valence-corrected chi connectivity index (χ0v) is 24.2. The van der Waals surface area contributed by atoms with Gasteiger partial charge in [0.05, 0.1) is 51.9 Å². The van der Waals surface area contributed by atoms with Crippen molar-refractivity contribution in [1.82, 2.24) is 15.0 Å². The molecule has 1 aliphatic rings. The van der Waals surface area contributed by atoms with E-state index in [1.54, 1.807) is 0 Å². The van der Waals surface area contributed by atoms with Gasteiger partial charge in [0.15, 0.2) is 0 Å². The Morgan fingerprint density at radius 3 is 0.810 bits per heavy atom. The third kappa shape index (κ3) is 4.92. The van der Waals surface area contributed by atoms with Crippen LogP contribution in [0.5, 0.6) is 0 Å². The standard InChI is InChI=1S/C39H33N3/c1-25-10-4-13-28(22-25)37-31-16-7-18-33(40-31)38(29-14-5-11-26(2)23-29)35-20-9-21-36(42-35)39(30-15-6-12-27(3)24-30)34-19-8-17-32(37)41-34/h4-24,37-39H,1-3H3. The second-order valence-electron chi connectivity index (χ2n) is 11.5. The zero-order valence-electron chi connectivity index (χ0n) is 24.2. The topological polar surface area (TPSA) is 38.7 Å². The van der Waals surface area contributed by atoms with Gasteiger partial charge in [-0.05, 0) is 73.9 Å². The van der Waals surface area contributed by atoms with Crippen molar-refractivity contribution in [3.05, 3.63) is 195 Å². The average molecular weight is 544 g/mol. The van der Waals surface area contributed by atoms with Gasteiger partial charge in [0.25, 0.3) is 0 Å². The Balaban J connectivity index is 1.55. The fourth-order valence-electron chi connectivity index (χ4n) is 6.40. The Morgan fingerprint density at radius 1 is 0.333 bits per heavy atom. The SMILES string of the molecule is Cc1cccc(C2c3cccc(n3)C(c3cccc(C)c3)c3cccc(n3)C(c3cccc(C)c3)c3cccc2n3)c1. The highest BCUT2D eigenvalue weighted by molar-refractivity contribution is 5.47. The first-order valence-electron chi connectivity index (χ1n) is 14.6. The normalized spacial score (nSPS) is 17.6. The van der Waals surface area contributed by atoms with E-state index in [2.05, 4.69) is 148 Å². The van der Waals surface area contributed by atoms with Crippen molar-refractivity contribution in [2.75, 3.05) is 0 Å². The number of rotatable bonds is 3. The van der Waals surface area contributed by atoms with E-state index in [4.69, 9.17) is 15.0 Å². The summed E-state index contributed by atoms with van der Waals surface area (Å²) in [7, 11) is 0. The van der Waals surface area contributed by atoms with Crippen LogP contribution in [0, 0.1) is 20.8 Å². The number of hydrogen-bond acceptors (Lipinski definition) is 3. The molecule has 3 heteroatoms. The molecule has 4 heterocycles. The molecule has 0 radical (unpaired) electrons. The summed E-state index contributed by atoms with van der Waals surface area (Å²) in [5, 5.41) is 0. The van der Waals surface area contributed by atoms with E-state index in [9.17, 15) is 0 Å². The molecule has 0 saturated heterocycles. The molecule has 0 amide bonds. The van der Waals surface area contributed by atoms with Crippen LogP contribution in [0.3, 0.4) is 0 Å². The molecule has 0 fully saturated rings. The van der Waals surface area contributed by atoms with Crippen LogP contribution in [0.25, 0.3) is 0 Å². The molecule has 42 heavy (non-hydrogen) atoms. The number of aromatic nitrogens is 3. The number of hydrogen-bond donors (Lipinski definition) is 0. The first-order chi connectivity index (χ1) is 20.5. The minimum atomic E-state index is -0.105. The minimum Gasteiger partial charge on any atom is -0.256 e. The minimum absolute atomic E-state index is 0.105. The number of aryl methyl sites for hydroxylation is 3. The quantitative estimate of drug-likeness (QED) is 0.224. The van der Waals surface area contributed by atoms with Gasteiger partial charge in [-0.2, -0.15) is 0 Å². The van der Waals surface area contributed by atoms with Gasteiger partial charge < -0.3 is 0 Å². The smallest absolute Gasteiger partial charge is 0.0686 e. The predicted octanol–water partition coefficient (Wildman–Crippen LogP) is 8.65. The second kappa shape index (κ2) is 10.8. The maximum atomic E-state index is 5.40. The zero-order chi connectivity index (χ0) is 28.6. The third-order valence-corrected chi connectivity index (χ3v) is 8.28. The number of pyridine rings is 3. The van der Waals surface area contributed by atoms with E-state index >= 15 is 0 Å². The average Bonchev–Trinajstić information content (AvgIpc) is 2.98. The van der Waals surface area contributed by atoms with E-state index in [1.165, 1.54) is 33.4 Å². The fourth-order valence-corrected chi connectivity index (χ4v) is 6.40. The van der Waals surface area contributed by atoms with Crippen LogP contribution >= 0.6 is 0 Å². The van der Waals surface area contributed by atoms with Gasteiger partial charge in [-0.3, -0.25) is 15.0 Å². The highest BCUT2D eigenvalue weighted by Crippen LogP contribution is 2.38. The van der Waals surface area contributed by atoms with Crippen molar-refractivity contribution < 1.29 is 0 Å². The van der Waals surface area contributed by atoms with Crippen molar-refractivity contribution in [1.29, 1.82) is 0 Å². The van der Waals surface area contributed by atoms with E-state index < -0.39 is 0 Å². The van der Waals surface area contributed by atoms with Crippen LogP contribution in [0.2, 0.25) is 0 Å². The molecule has 1 aliphatic heterocycles. The van der Waals surface area contributed by atoms with Gasteiger partial charge in [0, 0.05) is 0 Å². The third-order valence-electron chi connectivity index (χ3n) is 8.28. The number of benzene rings is 3. The lowest BCUT2D eigenvalue weighted by atomic mass is 9.85. The summed E-state index contributed by atoms with van der Waals surface area (Å²) >= 11 is 0. The van der Waals surface area contributed by atoms with Crippen LogP contribution in [0.1, 0.15) is 85.3 Å². The molecule has 204 valence electrons. The van der Waals surface area contributed by atoms with Crippen molar-refractivity contribution in [2.45, 2.75) is 38.5 Å². The molecular formula is C39H33N3. The predicted molar refractivity (Wildman–Crippen MR) is 169 cm³/mol. The van der Waals surface area contributed by atoms with Gasteiger partial charge in [-0.25, -0.2) is 0 Å². The Morgan fingerprint density at radius 2 is 0.571 bits per heavy atom. The summed E-state index contributed by atoms with van der Waals surface area (Å²) in [6.07, 6.45) is 0. The van der Waals surface area contributed by atoms with Crippen molar-refractivity contribution in [3.63, 3.8) is 0 Å². The van der Waals surface area contributed by atoms with Crippen LogP contribution < -0.4 is 0 Å². The van der Waals surface area contributed by atoms with Gasteiger partial charge >= 0.3 is 0 Å². The molecule has 0 atom stereocenters. The van der Waals surface area contributed by atoms with Crippen LogP contribution in [0.4, 0.5) is 0 Å². The molecule has 6 bridgehead atoms. The molecule has 6 aromatic rings. The van der Waals surface area contributed by atoms with Crippen LogP contribution in [-0.2, 0) is 0 Å². The molecule has 0 saturated carbocycles. The van der Waals surface area contributed by atoms with Gasteiger partial charge in [0.2, 0.25) is 0 Å². The fraction of sp³-hybridized carbons (Fsp3) is 0.154. The first kappa shape index (κ1) is 26.0. The van der Waals surface area contributed by atoms with E-state index in [1.807, 2.05) is 0 Å². The van der Waals surface area contributed by atoms with Gasteiger partial charge in [0.1, 0.15) is 0 Å². The second-order valence-corrected chi connectivity index (χ2v) is 11.5. The monoisotopic (exact) mass is 543 g/mol. The summed E-state index contributed by atoms with van der Waals surface area (Å²) < 4.78 is 0. The Kier molecular flexibility index (Phi) is 6.71. The lowest BCUT2D eigenvalue weighted by molar-refractivity contribution is 0.771. The highest BCUT2D eigenvalue weighted by Gasteiger charge is 2.28. The van der Waals surface area contributed by atoms with Crippen molar-refractivity contribution in [3.8, 4) is 0 Å². The molecule has 3 aromatic heterocycles. The Bertz CT molecular complexity index is 1630. The summed E-state index contributed by atoms with van der Waals surface area (Å²) in [5.74, 6) is -0.314. The summed E-state index contributed by atoms with van der Waals surface area (Å²) in [6.45, 7) is 6.44. The Hall–Kier alpha value is -4.89. The van der Waals surface area contributed by atoms with Gasteiger partial charge in [-0.15, -0.1) is 0 Å². The largest absolute Gasteiger partial charge is 0.256 e. The van der Waals surface area contributed by atoms with E-state index in [-0.39, 0.29) is 17.8 Å². The highest BCUT2D eigenvalue weighted by atomic mass is 14.8. The maximum absolute atomic E-state index is 5.40. The number of fused-ring (bicyclic) bond motifs is 6. The van der Waals surface area contributed by atoms with Crippen molar-refractivity contribution in [2.24, 2.45) is 0 Å². The summed E-state index contributed by atoms with van der Waals surface area (Å²) in [5.41, 5.74) is 13.2. The number of nitrogens with zero attached hydrogens (tertiary/aromatic N) is 3. The van der Waals surface area contributed by atoms with E-state index in [0.717, 1.165) is 34.2 Å². The molecule has 0 spiro atoms. The molecule has 3 aromatic carbocycles. The molecule has 3 nitrogen and oxygen atoms in total. The molecule has 0 aliphatic carbocycles. The molecule has 0 unspecified atom stereocenters. The van der Waals surface area contributed by atoms with E-state index in [0.29, 0.717) is 0 Å². The van der Waals surface area contributed by atoms with Crippen molar-refractivity contribution >= 4 is 0 Å². The Labute approximate surface area is 248 Å². The molecular weight excluding hydrogens is 510 g/mol. The molecule has 7 rings (SSSR count). The van der Waals surface area contributed by atoms with Gasteiger partial charge in [-0.1, -0.05) is 108 Å². The summed E-state index contributed by atoms with van der Waals surface area (Å²) in [4.78, 5) is 16.2. The summed E-state index contributed by atoms with van der Waals surface area (Å²) in [6, 6.07) is 45.5. The lowest BCUT2D eigenvalue weighted by Crippen LogP contribution is -2.17. The maximum Gasteiger partial charge on any atom is 0.0686 e.